The van der Waals surface area contributed by atoms with Crippen molar-refractivity contribution in [2.75, 3.05) is 7.11 Å². The number of carbonyl (C=O) groups excluding carboxylic acids is 1. The Kier molecular flexibility index (Phi) is 3.22. The largest absolute Gasteiger partial charge is 0.381 e. The average Bonchev–Trinajstić information content (AvgIpc) is 2.36. The summed E-state index contributed by atoms with van der Waals surface area (Å²) in [6.45, 7) is 0. The standard InChI is InChI=1S/C12H15NO3/c1-16-11-5-4-8-6-10(12(14)13-15)3-2-9(8)7-11/h2-3,6,11,15H,4-5,7H2,1H3,(H,13,14). The van der Waals surface area contributed by atoms with Crippen LogP contribution in [0, 0.1) is 0 Å². The van der Waals surface area contributed by atoms with Crippen LogP contribution in [0.4, 0.5) is 0 Å². The SMILES string of the molecule is COC1CCc2cc(C(=O)NO)ccc2C1. The highest BCUT2D eigenvalue weighted by atomic mass is 16.5. The molecular formula is C12H15NO3. The Balaban J connectivity index is 2.24. The lowest BCUT2D eigenvalue weighted by molar-refractivity contribution is 0.0706. The fourth-order valence-corrected chi connectivity index (χ4v) is 2.13. The summed E-state index contributed by atoms with van der Waals surface area (Å²) in [6.07, 6.45) is 3.08. The van der Waals surface area contributed by atoms with Crippen molar-refractivity contribution in [1.82, 2.24) is 5.48 Å². The number of carbonyl (C=O) groups is 1. The van der Waals surface area contributed by atoms with E-state index in [0.717, 1.165) is 19.3 Å². The van der Waals surface area contributed by atoms with Crippen molar-refractivity contribution in [2.45, 2.75) is 25.4 Å². The van der Waals surface area contributed by atoms with Gasteiger partial charge in [-0.15, -0.1) is 0 Å². The summed E-state index contributed by atoms with van der Waals surface area (Å²) in [7, 11) is 1.73. The molecule has 0 spiro atoms. The molecule has 1 aliphatic rings. The molecule has 0 saturated heterocycles. The molecule has 1 aliphatic carbocycles. The van der Waals surface area contributed by atoms with Crippen LogP contribution < -0.4 is 5.48 Å². The number of hydrogen-bond acceptors (Lipinski definition) is 3. The van der Waals surface area contributed by atoms with Crippen LogP contribution in [0.2, 0.25) is 0 Å². The van der Waals surface area contributed by atoms with Crippen molar-refractivity contribution < 1.29 is 14.7 Å². The van der Waals surface area contributed by atoms with E-state index in [1.165, 1.54) is 11.1 Å². The summed E-state index contributed by atoms with van der Waals surface area (Å²) in [5.74, 6) is -0.461. The molecule has 86 valence electrons. The van der Waals surface area contributed by atoms with Crippen molar-refractivity contribution >= 4 is 5.91 Å². The van der Waals surface area contributed by atoms with Crippen molar-refractivity contribution in [2.24, 2.45) is 0 Å². The molecule has 0 aliphatic heterocycles. The number of hydroxylamine groups is 1. The number of methoxy groups -OCH3 is 1. The van der Waals surface area contributed by atoms with E-state index in [0.29, 0.717) is 5.56 Å². The lowest BCUT2D eigenvalue weighted by Gasteiger charge is -2.23. The zero-order chi connectivity index (χ0) is 11.5. The molecule has 1 unspecified atom stereocenters. The Morgan fingerprint density at radius 2 is 2.31 bits per heavy atom. The minimum atomic E-state index is -0.461. The lowest BCUT2D eigenvalue weighted by atomic mass is 9.88. The van der Waals surface area contributed by atoms with Crippen LogP contribution in [-0.4, -0.2) is 24.3 Å². The fourth-order valence-electron chi connectivity index (χ4n) is 2.13. The highest BCUT2D eigenvalue weighted by Gasteiger charge is 2.19. The molecule has 2 N–H and O–H groups in total. The van der Waals surface area contributed by atoms with E-state index >= 15 is 0 Å². The molecule has 0 bridgehead atoms. The molecule has 0 fully saturated rings. The van der Waals surface area contributed by atoms with Gasteiger partial charge in [0.2, 0.25) is 0 Å². The highest BCUT2D eigenvalue weighted by molar-refractivity contribution is 5.93. The van der Waals surface area contributed by atoms with E-state index in [1.54, 1.807) is 18.7 Å². The summed E-state index contributed by atoms with van der Waals surface area (Å²) < 4.78 is 5.33. The number of fused-ring (bicyclic) bond motifs is 1. The smallest absolute Gasteiger partial charge is 0.274 e. The van der Waals surface area contributed by atoms with Crippen LogP contribution in [0.25, 0.3) is 0 Å². The third-order valence-electron chi connectivity index (χ3n) is 3.09. The maximum atomic E-state index is 11.2. The second-order valence-corrected chi connectivity index (χ2v) is 4.02. The van der Waals surface area contributed by atoms with Crippen LogP contribution in [0.15, 0.2) is 18.2 Å². The van der Waals surface area contributed by atoms with Gasteiger partial charge in [-0.05, 0) is 42.5 Å². The first kappa shape index (κ1) is 11.1. The second-order valence-electron chi connectivity index (χ2n) is 4.02. The first-order valence-corrected chi connectivity index (χ1v) is 5.33. The second kappa shape index (κ2) is 4.63. The molecule has 1 aromatic rings. The zero-order valence-corrected chi connectivity index (χ0v) is 9.19. The molecule has 0 saturated carbocycles. The van der Waals surface area contributed by atoms with E-state index in [9.17, 15) is 4.79 Å². The average molecular weight is 221 g/mol. The summed E-state index contributed by atoms with van der Waals surface area (Å²) in [5, 5.41) is 8.55. The van der Waals surface area contributed by atoms with Crippen LogP contribution in [-0.2, 0) is 17.6 Å². The maximum absolute atomic E-state index is 11.2. The van der Waals surface area contributed by atoms with Gasteiger partial charge < -0.3 is 4.74 Å². The molecule has 4 nitrogen and oxygen atoms in total. The minimum Gasteiger partial charge on any atom is -0.381 e. The van der Waals surface area contributed by atoms with Gasteiger partial charge in [0.25, 0.3) is 5.91 Å². The number of nitrogens with one attached hydrogen (secondary N) is 1. The predicted octanol–water partition coefficient (Wildman–Crippen LogP) is 1.31. The van der Waals surface area contributed by atoms with Crippen molar-refractivity contribution in [3.8, 4) is 0 Å². The molecule has 0 aromatic heterocycles. The van der Waals surface area contributed by atoms with Crippen LogP contribution in [0.5, 0.6) is 0 Å². The topological polar surface area (TPSA) is 58.6 Å². The molecule has 4 heteroatoms. The van der Waals surface area contributed by atoms with Gasteiger partial charge in [-0.3, -0.25) is 10.0 Å². The predicted molar refractivity (Wildman–Crippen MR) is 58.5 cm³/mol. The Morgan fingerprint density at radius 3 is 3.00 bits per heavy atom. The zero-order valence-electron chi connectivity index (χ0n) is 9.19. The summed E-state index contributed by atoms with van der Waals surface area (Å²) in [4.78, 5) is 11.2. The fraction of sp³-hybridized carbons (Fsp3) is 0.417. The maximum Gasteiger partial charge on any atom is 0.274 e. The molecule has 0 heterocycles. The summed E-state index contributed by atoms with van der Waals surface area (Å²) in [6, 6.07) is 5.50. The number of ether oxygens (including phenoxy) is 1. The van der Waals surface area contributed by atoms with E-state index in [-0.39, 0.29) is 6.10 Å². The molecular weight excluding hydrogens is 206 g/mol. The molecule has 2 rings (SSSR count). The summed E-state index contributed by atoms with van der Waals surface area (Å²) in [5.41, 5.74) is 4.55. The van der Waals surface area contributed by atoms with Gasteiger partial charge in [-0.25, -0.2) is 5.48 Å². The van der Waals surface area contributed by atoms with Crippen molar-refractivity contribution in [3.63, 3.8) is 0 Å². The van der Waals surface area contributed by atoms with Gasteiger partial charge >= 0.3 is 0 Å². The monoisotopic (exact) mass is 221 g/mol. The molecule has 1 atom stereocenters. The minimum absolute atomic E-state index is 0.282. The van der Waals surface area contributed by atoms with Gasteiger partial charge in [0.1, 0.15) is 0 Å². The van der Waals surface area contributed by atoms with Gasteiger partial charge in [-0.1, -0.05) is 6.07 Å². The lowest BCUT2D eigenvalue weighted by Crippen LogP contribution is -2.23. The van der Waals surface area contributed by atoms with E-state index in [2.05, 4.69) is 0 Å². The number of hydrogen-bond donors (Lipinski definition) is 2. The van der Waals surface area contributed by atoms with E-state index < -0.39 is 5.91 Å². The van der Waals surface area contributed by atoms with Crippen LogP contribution >= 0.6 is 0 Å². The third kappa shape index (κ3) is 2.08. The Hall–Kier alpha value is -1.39. The normalized spacial score (nSPS) is 19.0. The molecule has 0 radical (unpaired) electrons. The number of amides is 1. The summed E-state index contributed by atoms with van der Waals surface area (Å²) >= 11 is 0. The van der Waals surface area contributed by atoms with Crippen LogP contribution in [0.3, 0.4) is 0 Å². The first-order valence-electron chi connectivity index (χ1n) is 5.33. The number of benzene rings is 1. The number of aryl methyl sites for hydroxylation is 1. The Bertz CT molecular complexity index is 403. The van der Waals surface area contributed by atoms with Gasteiger partial charge in [0, 0.05) is 12.7 Å². The van der Waals surface area contributed by atoms with E-state index in [1.807, 2.05) is 12.1 Å². The molecule has 16 heavy (non-hydrogen) atoms. The number of rotatable bonds is 2. The third-order valence-corrected chi connectivity index (χ3v) is 3.09. The van der Waals surface area contributed by atoms with Crippen molar-refractivity contribution in [1.29, 1.82) is 0 Å². The Labute approximate surface area is 94.2 Å². The van der Waals surface area contributed by atoms with E-state index in [4.69, 9.17) is 9.94 Å². The first-order chi connectivity index (χ1) is 7.74. The molecule has 1 amide bonds. The van der Waals surface area contributed by atoms with Gasteiger partial charge in [0.15, 0.2) is 0 Å². The molecule has 1 aromatic carbocycles. The van der Waals surface area contributed by atoms with Crippen molar-refractivity contribution in [3.05, 3.63) is 34.9 Å². The van der Waals surface area contributed by atoms with Gasteiger partial charge in [0.05, 0.1) is 6.10 Å². The van der Waals surface area contributed by atoms with Crippen LogP contribution in [0.1, 0.15) is 27.9 Å². The Morgan fingerprint density at radius 1 is 1.50 bits per heavy atom. The van der Waals surface area contributed by atoms with Gasteiger partial charge in [-0.2, -0.15) is 0 Å². The quantitative estimate of drug-likeness (QED) is 0.584. The highest BCUT2D eigenvalue weighted by Crippen LogP contribution is 2.23.